The normalized spacial score (nSPS) is 19.2. The van der Waals surface area contributed by atoms with Crippen molar-refractivity contribution in [1.29, 1.82) is 0 Å². The molecule has 9 nitrogen and oxygen atoms in total. The Kier molecular flexibility index (Phi) is 14.2. The van der Waals surface area contributed by atoms with Crippen molar-refractivity contribution >= 4 is 12.0 Å². The van der Waals surface area contributed by atoms with Crippen LogP contribution in [0.3, 0.4) is 0 Å². The standard InChI is InChI=1S/C20H28F7N3O6/c21-8-15(20(25,26)27)2-1-5-33-12-17(31)28-9-14-3-4-16(36-11-14)10-29-30-18(32)35-7-6-34-13-19(22,23)24/h1-2,5,14,16,29H,3-4,6-13H2,(H,28,31)(H,30,32)/b5-1+,15-2+/t14-,16-/m0/s1. The van der Waals surface area contributed by atoms with Gasteiger partial charge in [-0.3, -0.25) is 10.2 Å². The Balaban J connectivity index is 2.09. The van der Waals surface area contributed by atoms with Crippen molar-refractivity contribution < 1.29 is 59.3 Å². The molecule has 0 bridgehead atoms. The summed E-state index contributed by atoms with van der Waals surface area (Å²) in [7, 11) is 0. The first kappa shape index (κ1) is 31.4. The van der Waals surface area contributed by atoms with Gasteiger partial charge in [-0.25, -0.2) is 14.6 Å². The van der Waals surface area contributed by atoms with E-state index in [2.05, 4.69) is 25.6 Å². The molecule has 0 radical (unpaired) electrons. The van der Waals surface area contributed by atoms with E-state index in [1.165, 1.54) is 0 Å². The molecule has 0 aromatic carbocycles. The number of halogens is 7. The molecule has 0 aromatic rings. The molecule has 1 rings (SSSR count). The van der Waals surface area contributed by atoms with Crippen LogP contribution in [0.25, 0.3) is 0 Å². The summed E-state index contributed by atoms with van der Waals surface area (Å²) < 4.78 is 104. The molecule has 1 heterocycles. The van der Waals surface area contributed by atoms with Crippen molar-refractivity contribution in [1.82, 2.24) is 16.2 Å². The maximum atomic E-state index is 12.3. The third-order valence-corrected chi connectivity index (χ3v) is 4.49. The van der Waals surface area contributed by atoms with Crippen LogP contribution in [-0.4, -0.2) is 83.3 Å². The molecule has 0 aromatic heterocycles. The van der Waals surface area contributed by atoms with Gasteiger partial charge in [-0.15, -0.1) is 0 Å². The van der Waals surface area contributed by atoms with Crippen LogP contribution < -0.4 is 16.2 Å². The van der Waals surface area contributed by atoms with Gasteiger partial charge in [-0.05, 0) is 30.9 Å². The van der Waals surface area contributed by atoms with Crippen molar-refractivity contribution in [2.75, 3.05) is 52.8 Å². The maximum absolute atomic E-state index is 12.3. The molecule has 0 aliphatic carbocycles. The summed E-state index contributed by atoms with van der Waals surface area (Å²) in [5, 5.41) is 2.60. The zero-order valence-electron chi connectivity index (χ0n) is 19.1. The monoisotopic (exact) mass is 539 g/mol. The van der Waals surface area contributed by atoms with Gasteiger partial charge in [-0.1, -0.05) is 0 Å². The predicted octanol–water partition coefficient (Wildman–Crippen LogP) is 2.70. The molecule has 1 fully saturated rings. The number of allylic oxidation sites excluding steroid dienone is 3. The number of carbonyl (C=O) groups is 2. The van der Waals surface area contributed by atoms with E-state index in [1.54, 1.807) is 0 Å². The molecule has 2 amide bonds. The van der Waals surface area contributed by atoms with Gasteiger partial charge in [-0.2, -0.15) is 26.3 Å². The summed E-state index contributed by atoms with van der Waals surface area (Å²) >= 11 is 0. The lowest BCUT2D eigenvalue weighted by atomic mass is 9.98. The van der Waals surface area contributed by atoms with Crippen LogP contribution in [-0.2, 0) is 23.7 Å². The first-order chi connectivity index (χ1) is 16.9. The summed E-state index contributed by atoms with van der Waals surface area (Å²) in [6.07, 6.45) is -6.84. The van der Waals surface area contributed by atoms with Crippen molar-refractivity contribution in [2.45, 2.75) is 31.3 Å². The van der Waals surface area contributed by atoms with Crippen LogP contribution in [0, 0.1) is 5.92 Å². The molecule has 0 spiro atoms. The smallest absolute Gasteiger partial charge is 0.421 e. The average Bonchev–Trinajstić information content (AvgIpc) is 2.79. The molecule has 2 atom stereocenters. The van der Waals surface area contributed by atoms with Crippen LogP contribution in [0.2, 0.25) is 0 Å². The van der Waals surface area contributed by atoms with Crippen LogP contribution in [0.1, 0.15) is 12.8 Å². The highest BCUT2D eigenvalue weighted by atomic mass is 19.4. The summed E-state index contributed by atoms with van der Waals surface area (Å²) in [5.41, 5.74) is 3.42. The maximum Gasteiger partial charge on any atom is 0.421 e. The number of hydrogen-bond acceptors (Lipinski definition) is 7. The Morgan fingerprint density at radius 1 is 1.06 bits per heavy atom. The molecule has 1 aliphatic rings. The van der Waals surface area contributed by atoms with Crippen molar-refractivity contribution in [3.8, 4) is 0 Å². The van der Waals surface area contributed by atoms with E-state index in [1.807, 2.05) is 0 Å². The summed E-state index contributed by atoms with van der Waals surface area (Å²) in [6.45, 7) is -3.45. The van der Waals surface area contributed by atoms with Crippen LogP contribution >= 0.6 is 0 Å². The minimum Gasteiger partial charge on any atom is -0.491 e. The summed E-state index contributed by atoms with van der Waals surface area (Å²) in [4.78, 5) is 23.1. The Morgan fingerprint density at radius 3 is 2.42 bits per heavy atom. The van der Waals surface area contributed by atoms with Gasteiger partial charge < -0.3 is 24.3 Å². The number of amides is 2. The van der Waals surface area contributed by atoms with Gasteiger partial charge in [0.1, 0.15) is 19.9 Å². The van der Waals surface area contributed by atoms with Crippen LogP contribution in [0.5, 0.6) is 0 Å². The third kappa shape index (κ3) is 15.4. The quantitative estimate of drug-likeness (QED) is 0.103. The van der Waals surface area contributed by atoms with E-state index in [0.717, 1.165) is 12.3 Å². The van der Waals surface area contributed by atoms with Gasteiger partial charge in [0.15, 0.2) is 6.61 Å². The Morgan fingerprint density at radius 2 is 1.81 bits per heavy atom. The number of carbonyl (C=O) groups excluding carboxylic acids is 2. The second-order valence-corrected chi connectivity index (χ2v) is 7.48. The fourth-order valence-corrected chi connectivity index (χ4v) is 2.70. The van der Waals surface area contributed by atoms with E-state index >= 15 is 0 Å². The lowest BCUT2D eigenvalue weighted by Gasteiger charge is -2.29. The highest BCUT2D eigenvalue weighted by Gasteiger charge is 2.32. The first-order valence-corrected chi connectivity index (χ1v) is 10.7. The van der Waals surface area contributed by atoms with Gasteiger partial charge in [0.25, 0.3) is 5.91 Å². The van der Waals surface area contributed by atoms with Crippen molar-refractivity contribution in [3.05, 3.63) is 24.0 Å². The van der Waals surface area contributed by atoms with E-state index in [0.29, 0.717) is 25.5 Å². The van der Waals surface area contributed by atoms with Gasteiger partial charge in [0.05, 0.1) is 31.2 Å². The lowest BCUT2D eigenvalue weighted by molar-refractivity contribution is -0.175. The van der Waals surface area contributed by atoms with Gasteiger partial charge >= 0.3 is 18.4 Å². The van der Waals surface area contributed by atoms with Crippen LogP contribution in [0.15, 0.2) is 24.0 Å². The number of alkyl halides is 7. The van der Waals surface area contributed by atoms with Crippen molar-refractivity contribution in [2.24, 2.45) is 5.92 Å². The van der Waals surface area contributed by atoms with E-state index in [-0.39, 0.29) is 31.7 Å². The highest BCUT2D eigenvalue weighted by Crippen LogP contribution is 2.25. The van der Waals surface area contributed by atoms with Crippen LogP contribution in [0.4, 0.5) is 35.5 Å². The number of nitrogens with one attached hydrogen (secondary N) is 3. The second kappa shape index (κ2) is 16.2. The fourth-order valence-electron chi connectivity index (χ4n) is 2.70. The highest BCUT2D eigenvalue weighted by molar-refractivity contribution is 5.77. The minimum absolute atomic E-state index is 0.0113. The van der Waals surface area contributed by atoms with E-state index < -0.39 is 56.4 Å². The first-order valence-electron chi connectivity index (χ1n) is 10.7. The largest absolute Gasteiger partial charge is 0.491 e. The molecule has 16 heteroatoms. The second-order valence-electron chi connectivity index (χ2n) is 7.48. The zero-order valence-corrected chi connectivity index (χ0v) is 19.1. The van der Waals surface area contributed by atoms with Gasteiger partial charge in [0.2, 0.25) is 0 Å². The van der Waals surface area contributed by atoms with Crippen molar-refractivity contribution in [3.63, 3.8) is 0 Å². The predicted molar refractivity (Wildman–Crippen MR) is 110 cm³/mol. The Labute approximate surface area is 202 Å². The number of hydrogen-bond donors (Lipinski definition) is 3. The summed E-state index contributed by atoms with van der Waals surface area (Å²) in [6, 6.07) is 0. The molecule has 3 N–H and O–H groups in total. The SMILES string of the molecule is O=C(CO/C=C/C=C(\CF)C(F)(F)F)NC[C@@H]1CC[C@@H](CNNC(=O)OCCOCC(F)(F)F)OC1. The lowest BCUT2D eigenvalue weighted by Crippen LogP contribution is -2.45. The molecule has 1 saturated heterocycles. The molecule has 208 valence electrons. The number of ether oxygens (including phenoxy) is 4. The topological polar surface area (TPSA) is 107 Å². The third-order valence-electron chi connectivity index (χ3n) is 4.49. The molecular formula is C20H28F7N3O6. The Hall–Kier alpha value is -2.59. The molecule has 1 aliphatic heterocycles. The van der Waals surface area contributed by atoms with E-state index in [9.17, 15) is 40.3 Å². The molecule has 36 heavy (non-hydrogen) atoms. The van der Waals surface area contributed by atoms with Gasteiger partial charge in [0, 0.05) is 13.1 Å². The molecule has 0 saturated carbocycles. The average molecular weight is 539 g/mol. The fraction of sp³-hybridized carbons (Fsp3) is 0.700. The van der Waals surface area contributed by atoms with E-state index in [4.69, 9.17) is 9.47 Å². The summed E-state index contributed by atoms with van der Waals surface area (Å²) in [5.74, 6) is -0.488. The zero-order chi connectivity index (χ0) is 27.0. The number of rotatable bonds is 14. The molecular weight excluding hydrogens is 511 g/mol. The number of hydrazine groups is 1. The Bertz CT molecular complexity index is 724. The minimum atomic E-state index is -4.78. The molecule has 0 unspecified atom stereocenters.